The lowest BCUT2D eigenvalue weighted by molar-refractivity contribution is 0.0466. The van der Waals surface area contributed by atoms with Crippen molar-refractivity contribution < 1.29 is 9.53 Å². The summed E-state index contributed by atoms with van der Waals surface area (Å²) in [5.74, 6) is 0. The van der Waals surface area contributed by atoms with Crippen LogP contribution in [-0.4, -0.2) is 55.2 Å². The van der Waals surface area contributed by atoms with Crippen LogP contribution in [0.2, 0.25) is 0 Å². The van der Waals surface area contributed by atoms with Crippen molar-refractivity contribution in [3.05, 3.63) is 0 Å². The summed E-state index contributed by atoms with van der Waals surface area (Å²) in [6.45, 7) is 3.46. The van der Waals surface area contributed by atoms with Crippen LogP contribution in [0.5, 0.6) is 0 Å². The topological polar surface area (TPSA) is 32.8 Å². The molecule has 4 heteroatoms. The van der Waals surface area contributed by atoms with Gasteiger partial charge < -0.3 is 14.5 Å². The Bertz CT molecular complexity index is 244. The Hall–Kier alpha value is -0.770. The second-order valence-electron chi connectivity index (χ2n) is 5.14. The van der Waals surface area contributed by atoms with Gasteiger partial charge in [0, 0.05) is 39.4 Å². The van der Waals surface area contributed by atoms with E-state index in [1.54, 1.807) is 0 Å². The van der Waals surface area contributed by atoms with Gasteiger partial charge in [-0.15, -0.1) is 0 Å². The molecule has 2 fully saturated rings. The number of likely N-dealkylation sites (tertiary alicyclic amines) is 1. The minimum absolute atomic E-state index is 0.221. The predicted molar refractivity (Wildman–Crippen MR) is 67.0 cm³/mol. The molecule has 2 aliphatic rings. The number of hydrogen-bond acceptors (Lipinski definition) is 2. The van der Waals surface area contributed by atoms with Crippen LogP contribution >= 0.6 is 0 Å². The van der Waals surface area contributed by atoms with E-state index in [0.29, 0.717) is 6.04 Å². The Labute approximate surface area is 104 Å². The average molecular weight is 240 g/mol. The first-order valence-electron chi connectivity index (χ1n) is 6.88. The molecule has 0 aromatic carbocycles. The summed E-state index contributed by atoms with van der Waals surface area (Å²) in [6, 6.07) is 0.596. The lowest BCUT2D eigenvalue weighted by atomic mass is 10.1. The van der Waals surface area contributed by atoms with Gasteiger partial charge in [-0.2, -0.15) is 0 Å². The molecule has 0 bridgehead atoms. The highest BCUT2D eigenvalue weighted by Crippen LogP contribution is 2.17. The van der Waals surface area contributed by atoms with Crippen molar-refractivity contribution in [2.45, 2.75) is 44.6 Å². The molecule has 0 unspecified atom stereocenters. The normalized spacial score (nSPS) is 23.2. The van der Waals surface area contributed by atoms with Gasteiger partial charge in [0.25, 0.3) is 0 Å². The first kappa shape index (κ1) is 12.7. The van der Waals surface area contributed by atoms with Gasteiger partial charge in [-0.05, 0) is 25.7 Å². The molecule has 2 aliphatic heterocycles. The van der Waals surface area contributed by atoms with Crippen LogP contribution < -0.4 is 0 Å². The smallest absolute Gasteiger partial charge is 0.319 e. The molecule has 0 N–H and O–H groups in total. The molecule has 0 atom stereocenters. The molecule has 0 spiro atoms. The third kappa shape index (κ3) is 3.35. The van der Waals surface area contributed by atoms with Gasteiger partial charge >= 0.3 is 6.03 Å². The van der Waals surface area contributed by atoms with E-state index >= 15 is 0 Å². The molecule has 0 aromatic heterocycles. The number of rotatable bonds is 1. The summed E-state index contributed by atoms with van der Waals surface area (Å²) in [5.41, 5.74) is 0. The Morgan fingerprint density at radius 2 is 1.71 bits per heavy atom. The average Bonchev–Trinajstić information content (AvgIpc) is 2.67. The van der Waals surface area contributed by atoms with Crippen molar-refractivity contribution in [3.63, 3.8) is 0 Å². The monoisotopic (exact) mass is 240 g/mol. The minimum atomic E-state index is 0.221. The summed E-state index contributed by atoms with van der Waals surface area (Å²) in [4.78, 5) is 16.3. The van der Waals surface area contributed by atoms with Gasteiger partial charge in [0.05, 0.1) is 0 Å². The zero-order valence-electron chi connectivity index (χ0n) is 10.9. The van der Waals surface area contributed by atoms with Gasteiger partial charge in [0.2, 0.25) is 0 Å². The van der Waals surface area contributed by atoms with E-state index in [0.717, 1.165) is 52.0 Å². The van der Waals surface area contributed by atoms with Gasteiger partial charge in [-0.1, -0.05) is 12.8 Å². The van der Waals surface area contributed by atoms with E-state index in [9.17, 15) is 4.79 Å². The largest absolute Gasteiger partial charge is 0.381 e. The third-order valence-corrected chi connectivity index (χ3v) is 3.92. The number of ether oxygens (including phenoxy) is 1. The van der Waals surface area contributed by atoms with E-state index in [4.69, 9.17) is 4.74 Å². The van der Waals surface area contributed by atoms with Gasteiger partial charge in [0.15, 0.2) is 0 Å². The fourth-order valence-corrected chi connectivity index (χ4v) is 2.71. The first-order valence-corrected chi connectivity index (χ1v) is 6.88. The Morgan fingerprint density at radius 1 is 1.12 bits per heavy atom. The second kappa shape index (κ2) is 6.24. The van der Waals surface area contributed by atoms with Crippen molar-refractivity contribution in [1.82, 2.24) is 9.80 Å². The molecule has 2 amide bonds. The minimum Gasteiger partial charge on any atom is -0.381 e. The summed E-state index contributed by atoms with van der Waals surface area (Å²) in [5, 5.41) is 0. The molecule has 2 saturated heterocycles. The molecule has 4 nitrogen and oxygen atoms in total. The Balaban J connectivity index is 1.88. The van der Waals surface area contributed by atoms with E-state index < -0.39 is 0 Å². The number of amides is 2. The summed E-state index contributed by atoms with van der Waals surface area (Å²) < 4.78 is 5.34. The fourth-order valence-electron chi connectivity index (χ4n) is 2.71. The van der Waals surface area contributed by atoms with Crippen LogP contribution in [0, 0.1) is 0 Å². The molecule has 98 valence electrons. The maximum atomic E-state index is 12.4. The van der Waals surface area contributed by atoms with Crippen molar-refractivity contribution in [2.75, 3.05) is 33.4 Å². The summed E-state index contributed by atoms with van der Waals surface area (Å²) >= 11 is 0. The highest BCUT2D eigenvalue weighted by Gasteiger charge is 2.26. The molecule has 0 radical (unpaired) electrons. The van der Waals surface area contributed by atoms with Gasteiger partial charge in [-0.25, -0.2) is 4.79 Å². The molecule has 0 saturated carbocycles. The number of carbonyl (C=O) groups is 1. The van der Waals surface area contributed by atoms with Gasteiger partial charge in [-0.3, -0.25) is 0 Å². The van der Waals surface area contributed by atoms with E-state index in [1.165, 1.54) is 12.8 Å². The van der Waals surface area contributed by atoms with Crippen LogP contribution in [0.4, 0.5) is 4.79 Å². The van der Waals surface area contributed by atoms with Crippen LogP contribution in [0.3, 0.4) is 0 Å². The lowest BCUT2D eigenvalue weighted by Crippen LogP contribution is -2.48. The molecule has 2 heterocycles. The SMILES string of the molecule is CN(C(=O)N1CCCCCC1)C1CCOCC1. The highest BCUT2D eigenvalue weighted by molar-refractivity contribution is 5.74. The zero-order valence-corrected chi connectivity index (χ0v) is 10.9. The molecule has 17 heavy (non-hydrogen) atoms. The maximum Gasteiger partial charge on any atom is 0.319 e. The first-order chi connectivity index (χ1) is 8.29. The van der Waals surface area contributed by atoms with E-state index in [-0.39, 0.29) is 6.03 Å². The summed E-state index contributed by atoms with van der Waals surface area (Å²) in [7, 11) is 1.95. The number of nitrogens with zero attached hydrogens (tertiary/aromatic N) is 2. The van der Waals surface area contributed by atoms with E-state index in [2.05, 4.69) is 0 Å². The number of hydrogen-bond donors (Lipinski definition) is 0. The van der Waals surface area contributed by atoms with Crippen LogP contribution in [0.15, 0.2) is 0 Å². The van der Waals surface area contributed by atoms with Crippen molar-refractivity contribution in [3.8, 4) is 0 Å². The maximum absolute atomic E-state index is 12.4. The van der Waals surface area contributed by atoms with Crippen molar-refractivity contribution >= 4 is 6.03 Å². The van der Waals surface area contributed by atoms with E-state index in [1.807, 2.05) is 16.8 Å². The van der Waals surface area contributed by atoms with Gasteiger partial charge in [0.1, 0.15) is 0 Å². The molecule has 0 aromatic rings. The van der Waals surface area contributed by atoms with Crippen molar-refractivity contribution in [1.29, 1.82) is 0 Å². The fraction of sp³-hybridized carbons (Fsp3) is 0.923. The number of urea groups is 1. The molecular formula is C13H24N2O2. The van der Waals surface area contributed by atoms with Crippen LogP contribution in [-0.2, 0) is 4.74 Å². The molecular weight excluding hydrogens is 216 g/mol. The van der Waals surface area contributed by atoms with Crippen molar-refractivity contribution in [2.24, 2.45) is 0 Å². The molecule has 0 aliphatic carbocycles. The number of carbonyl (C=O) groups excluding carboxylic acids is 1. The Morgan fingerprint density at radius 3 is 2.29 bits per heavy atom. The summed E-state index contributed by atoms with van der Waals surface area (Å²) in [6.07, 6.45) is 6.82. The third-order valence-electron chi connectivity index (χ3n) is 3.92. The van der Waals surface area contributed by atoms with Crippen LogP contribution in [0.25, 0.3) is 0 Å². The van der Waals surface area contributed by atoms with Crippen LogP contribution in [0.1, 0.15) is 38.5 Å². The second-order valence-corrected chi connectivity index (χ2v) is 5.14. The predicted octanol–water partition coefficient (Wildman–Crippen LogP) is 2.09. The lowest BCUT2D eigenvalue weighted by Gasteiger charge is -2.35. The quantitative estimate of drug-likeness (QED) is 0.703. The molecule has 2 rings (SSSR count). The zero-order chi connectivity index (χ0) is 12.1. The standard InChI is InChI=1S/C13H24N2O2/c1-14(12-6-10-17-11-7-12)13(16)15-8-4-2-3-5-9-15/h12H,2-11H2,1H3. The Kier molecular flexibility index (Phi) is 4.66. The highest BCUT2D eigenvalue weighted by atomic mass is 16.5.